The Hall–Kier alpha value is -2.77. The number of imide groups is 1. The number of ether oxygens (including phenoxy) is 2. The van der Waals surface area contributed by atoms with Crippen molar-refractivity contribution in [2.75, 3.05) is 19.8 Å². The second-order valence-corrected chi connectivity index (χ2v) is 7.31. The smallest absolute Gasteiger partial charge is 0.325 e. The van der Waals surface area contributed by atoms with Crippen molar-refractivity contribution in [1.82, 2.24) is 15.5 Å². The van der Waals surface area contributed by atoms with Gasteiger partial charge in [0.25, 0.3) is 5.91 Å². The quantitative estimate of drug-likeness (QED) is 0.739. The summed E-state index contributed by atoms with van der Waals surface area (Å²) >= 11 is 0. The molecule has 2 aliphatic heterocycles. The van der Waals surface area contributed by atoms with Crippen LogP contribution in [0.25, 0.3) is 0 Å². The Morgan fingerprint density at radius 2 is 1.96 bits per heavy atom. The average molecular weight is 375 g/mol. The van der Waals surface area contributed by atoms with Crippen LogP contribution >= 0.6 is 0 Å². The molecule has 1 saturated heterocycles. The molecule has 3 rings (SSSR count). The molecule has 0 bridgehead atoms. The number of benzene rings is 1. The van der Waals surface area contributed by atoms with E-state index in [0.717, 1.165) is 10.5 Å². The van der Waals surface area contributed by atoms with Crippen LogP contribution in [0.15, 0.2) is 18.2 Å². The van der Waals surface area contributed by atoms with E-state index in [2.05, 4.69) is 10.6 Å². The van der Waals surface area contributed by atoms with Crippen molar-refractivity contribution >= 4 is 17.8 Å². The van der Waals surface area contributed by atoms with E-state index in [1.165, 1.54) is 0 Å². The molecule has 0 saturated carbocycles. The summed E-state index contributed by atoms with van der Waals surface area (Å²) < 4.78 is 11.1. The highest BCUT2D eigenvalue weighted by Crippen LogP contribution is 2.32. The zero-order valence-corrected chi connectivity index (χ0v) is 15.8. The molecular formula is C19H25N3O5. The van der Waals surface area contributed by atoms with Crippen molar-refractivity contribution < 1.29 is 23.9 Å². The number of nitrogens with one attached hydrogen (secondary N) is 2. The molecule has 0 radical (unpaired) electrons. The average Bonchev–Trinajstić information content (AvgIpc) is 2.82. The Balaban J connectivity index is 1.48. The summed E-state index contributed by atoms with van der Waals surface area (Å²) in [5.74, 6) is 0.988. The molecule has 1 fully saturated rings. The number of nitrogens with zero attached hydrogens (tertiary/aromatic N) is 1. The lowest BCUT2D eigenvalue weighted by Crippen LogP contribution is -2.40. The highest BCUT2D eigenvalue weighted by Gasteiger charge is 2.43. The van der Waals surface area contributed by atoms with Crippen LogP contribution in [-0.4, -0.2) is 48.0 Å². The standard InChI is InChI=1S/C19H25N3O5/c1-12(13-6-7-14-15(11-13)27-10-9-26-14)20-16(23)5-4-8-22-17(24)19(2,3)21-18(22)25/h6-7,11-12H,4-5,8-10H2,1-3H3,(H,20,23)(H,21,25)/t12-/m1/s1. The van der Waals surface area contributed by atoms with Gasteiger partial charge >= 0.3 is 6.03 Å². The van der Waals surface area contributed by atoms with Crippen molar-refractivity contribution in [2.24, 2.45) is 0 Å². The van der Waals surface area contributed by atoms with E-state index in [4.69, 9.17) is 9.47 Å². The summed E-state index contributed by atoms with van der Waals surface area (Å²) in [4.78, 5) is 37.3. The van der Waals surface area contributed by atoms with Gasteiger partial charge in [0.1, 0.15) is 18.8 Å². The predicted octanol–water partition coefficient (Wildman–Crippen LogP) is 1.75. The third-order valence-electron chi connectivity index (χ3n) is 4.67. The molecule has 2 N–H and O–H groups in total. The topological polar surface area (TPSA) is 97.0 Å². The molecule has 0 unspecified atom stereocenters. The zero-order chi connectivity index (χ0) is 19.6. The molecule has 2 aliphatic rings. The van der Waals surface area contributed by atoms with E-state index in [1.807, 2.05) is 25.1 Å². The van der Waals surface area contributed by atoms with Crippen LogP contribution in [-0.2, 0) is 9.59 Å². The van der Waals surface area contributed by atoms with E-state index in [1.54, 1.807) is 13.8 Å². The number of amides is 4. The molecule has 0 spiro atoms. The van der Waals surface area contributed by atoms with Gasteiger partial charge in [0.2, 0.25) is 5.91 Å². The van der Waals surface area contributed by atoms with Gasteiger partial charge in [-0.3, -0.25) is 14.5 Å². The molecule has 27 heavy (non-hydrogen) atoms. The maximum atomic E-state index is 12.2. The van der Waals surface area contributed by atoms with Crippen molar-refractivity contribution in [3.8, 4) is 11.5 Å². The summed E-state index contributed by atoms with van der Waals surface area (Å²) in [5, 5.41) is 5.55. The second-order valence-electron chi connectivity index (χ2n) is 7.31. The van der Waals surface area contributed by atoms with Crippen LogP contribution in [0.5, 0.6) is 11.5 Å². The normalized spacial score (nSPS) is 18.9. The fraction of sp³-hybridized carbons (Fsp3) is 0.526. The van der Waals surface area contributed by atoms with Gasteiger partial charge in [0.05, 0.1) is 6.04 Å². The monoisotopic (exact) mass is 375 g/mol. The van der Waals surface area contributed by atoms with E-state index in [0.29, 0.717) is 31.1 Å². The highest BCUT2D eigenvalue weighted by atomic mass is 16.6. The van der Waals surface area contributed by atoms with Crippen molar-refractivity contribution in [3.63, 3.8) is 0 Å². The Morgan fingerprint density at radius 1 is 1.26 bits per heavy atom. The lowest BCUT2D eigenvalue weighted by atomic mass is 10.1. The third kappa shape index (κ3) is 4.15. The zero-order valence-electron chi connectivity index (χ0n) is 15.8. The fourth-order valence-electron chi connectivity index (χ4n) is 3.14. The van der Waals surface area contributed by atoms with Gasteiger partial charge < -0.3 is 20.1 Å². The van der Waals surface area contributed by atoms with E-state index in [-0.39, 0.29) is 30.8 Å². The Labute approximate surface area is 158 Å². The highest BCUT2D eigenvalue weighted by molar-refractivity contribution is 6.06. The van der Waals surface area contributed by atoms with Crippen LogP contribution in [0.2, 0.25) is 0 Å². The minimum Gasteiger partial charge on any atom is -0.486 e. The second kappa shape index (κ2) is 7.46. The maximum Gasteiger partial charge on any atom is 0.325 e. The molecular weight excluding hydrogens is 350 g/mol. The molecule has 146 valence electrons. The summed E-state index contributed by atoms with van der Waals surface area (Å²) in [6.45, 7) is 6.48. The van der Waals surface area contributed by atoms with Gasteiger partial charge in [-0.05, 0) is 44.9 Å². The first-order valence-corrected chi connectivity index (χ1v) is 9.11. The molecule has 2 heterocycles. The van der Waals surface area contributed by atoms with Gasteiger partial charge in [0.15, 0.2) is 11.5 Å². The molecule has 8 nitrogen and oxygen atoms in total. The first kappa shape index (κ1) is 19.0. The van der Waals surface area contributed by atoms with Crippen molar-refractivity contribution in [3.05, 3.63) is 23.8 Å². The summed E-state index contributed by atoms with van der Waals surface area (Å²) in [6, 6.07) is 5.01. The fourth-order valence-corrected chi connectivity index (χ4v) is 3.14. The molecule has 0 aromatic heterocycles. The summed E-state index contributed by atoms with van der Waals surface area (Å²) in [5.41, 5.74) is 0.0370. The number of carbonyl (C=O) groups is 3. The van der Waals surface area contributed by atoms with Gasteiger partial charge in [0, 0.05) is 13.0 Å². The number of rotatable bonds is 6. The van der Waals surface area contributed by atoms with Gasteiger partial charge in [-0.2, -0.15) is 0 Å². The number of urea groups is 1. The molecule has 1 atom stereocenters. The number of fused-ring (bicyclic) bond motifs is 1. The minimum absolute atomic E-state index is 0.135. The lowest BCUT2D eigenvalue weighted by molar-refractivity contribution is -0.130. The number of hydrogen-bond donors (Lipinski definition) is 2. The van der Waals surface area contributed by atoms with Crippen LogP contribution in [0.1, 0.15) is 45.2 Å². The Morgan fingerprint density at radius 3 is 2.63 bits per heavy atom. The largest absolute Gasteiger partial charge is 0.486 e. The van der Waals surface area contributed by atoms with Gasteiger partial charge in [-0.15, -0.1) is 0 Å². The van der Waals surface area contributed by atoms with Gasteiger partial charge in [-0.1, -0.05) is 6.07 Å². The summed E-state index contributed by atoms with van der Waals surface area (Å²) in [6.07, 6.45) is 0.640. The summed E-state index contributed by atoms with van der Waals surface area (Å²) in [7, 11) is 0. The van der Waals surface area contributed by atoms with E-state index in [9.17, 15) is 14.4 Å². The predicted molar refractivity (Wildman–Crippen MR) is 97.5 cm³/mol. The molecule has 0 aliphatic carbocycles. The maximum absolute atomic E-state index is 12.2. The Bertz CT molecular complexity index is 762. The number of hydrogen-bond acceptors (Lipinski definition) is 5. The lowest BCUT2D eigenvalue weighted by Gasteiger charge is -2.21. The SMILES string of the molecule is C[C@@H](NC(=O)CCCN1C(=O)NC(C)(C)C1=O)c1ccc2c(c1)OCCO2. The molecule has 8 heteroatoms. The molecule has 1 aromatic carbocycles. The van der Waals surface area contributed by atoms with Crippen LogP contribution in [0, 0.1) is 0 Å². The van der Waals surface area contributed by atoms with Crippen LogP contribution in [0.3, 0.4) is 0 Å². The van der Waals surface area contributed by atoms with Gasteiger partial charge in [-0.25, -0.2) is 4.79 Å². The number of carbonyl (C=O) groups excluding carboxylic acids is 3. The van der Waals surface area contributed by atoms with Crippen molar-refractivity contribution in [1.29, 1.82) is 0 Å². The van der Waals surface area contributed by atoms with Crippen LogP contribution < -0.4 is 20.1 Å². The van der Waals surface area contributed by atoms with Crippen molar-refractivity contribution in [2.45, 2.75) is 45.2 Å². The molecule has 4 amide bonds. The third-order valence-corrected chi connectivity index (χ3v) is 4.67. The molecule has 1 aromatic rings. The minimum atomic E-state index is -0.883. The van der Waals surface area contributed by atoms with Crippen LogP contribution in [0.4, 0.5) is 4.79 Å². The first-order valence-electron chi connectivity index (χ1n) is 9.11. The first-order chi connectivity index (χ1) is 12.8. The van der Waals surface area contributed by atoms with E-state index >= 15 is 0 Å². The Kier molecular flexibility index (Phi) is 5.25. The van der Waals surface area contributed by atoms with E-state index < -0.39 is 11.6 Å².